The van der Waals surface area contributed by atoms with E-state index in [1.165, 1.54) is 0 Å². The monoisotopic (exact) mass is 346 g/mol. The van der Waals surface area contributed by atoms with Gasteiger partial charge < -0.3 is 24.8 Å². The Bertz CT molecular complexity index is 700. The van der Waals surface area contributed by atoms with Crippen molar-refractivity contribution in [1.82, 2.24) is 30.3 Å². The van der Waals surface area contributed by atoms with E-state index in [4.69, 9.17) is 4.74 Å². The molecule has 0 radical (unpaired) electrons. The predicted octanol–water partition coefficient (Wildman–Crippen LogP) is 1.49. The minimum absolute atomic E-state index is 0.0333. The number of methoxy groups -OCH3 is 1. The summed E-state index contributed by atoms with van der Waals surface area (Å²) in [6.07, 6.45) is 1.61. The molecule has 0 fully saturated rings. The minimum Gasteiger partial charge on any atom is -0.497 e. The highest BCUT2D eigenvalue weighted by atomic mass is 16.5. The number of nitrogens with one attached hydrogen (secondary N) is 2. The summed E-state index contributed by atoms with van der Waals surface area (Å²) in [4.78, 5) is 14.3. The zero-order valence-electron chi connectivity index (χ0n) is 15.4. The molecule has 2 atom stereocenters. The maximum atomic E-state index is 12.2. The third-order valence-electron chi connectivity index (χ3n) is 4.04. The summed E-state index contributed by atoms with van der Waals surface area (Å²) in [6, 6.07) is 7.40. The molecule has 2 aromatic rings. The Balaban J connectivity index is 1.96. The molecule has 0 saturated heterocycles. The Morgan fingerprint density at radius 2 is 2.16 bits per heavy atom. The van der Waals surface area contributed by atoms with Crippen LogP contribution >= 0.6 is 0 Å². The highest BCUT2D eigenvalue weighted by Gasteiger charge is 2.18. The first kappa shape index (κ1) is 18.7. The van der Waals surface area contributed by atoms with Gasteiger partial charge in [0.05, 0.1) is 19.2 Å². The molecule has 0 bridgehead atoms. The third kappa shape index (κ3) is 4.93. The van der Waals surface area contributed by atoms with Gasteiger partial charge in [-0.15, -0.1) is 10.2 Å². The Labute approximate surface area is 148 Å². The Morgan fingerprint density at radius 3 is 2.76 bits per heavy atom. The van der Waals surface area contributed by atoms with Crippen LogP contribution in [0.3, 0.4) is 0 Å². The van der Waals surface area contributed by atoms with E-state index in [1.807, 2.05) is 52.3 Å². The Kier molecular flexibility index (Phi) is 6.35. The second-order valence-corrected chi connectivity index (χ2v) is 6.13. The Morgan fingerprint density at radius 1 is 1.40 bits per heavy atom. The van der Waals surface area contributed by atoms with Crippen molar-refractivity contribution in [3.8, 4) is 5.75 Å². The van der Waals surface area contributed by atoms with Crippen LogP contribution in [0.15, 0.2) is 30.6 Å². The van der Waals surface area contributed by atoms with Gasteiger partial charge in [-0.2, -0.15) is 0 Å². The van der Waals surface area contributed by atoms with Crippen LogP contribution in [0.25, 0.3) is 0 Å². The highest BCUT2D eigenvalue weighted by Crippen LogP contribution is 2.22. The molecular weight excluding hydrogens is 320 g/mol. The van der Waals surface area contributed by atoms with Gasteiger partial charge in [0.1, 0.15) is 12.1 Å². The predicted molar refractivity (Wildman–Crippen MR) is 95.4 cm³/mol. The van der Waals surface area contributed by atoms with Crippen molar-refractivity contribution in [2.45, 2.75) is 19.0 Å². The minimum atomic E-state index is -0.245. The summed E-state index contributed by atoms with van der Waals surface area (Å²) in [7, 11) is 7.44. The number of carbonyl (C=O) groups excluding carboxylic acids is 1. The number of rotatable bonds is 7. The van der Waals surface area contributed by atoms with Gasteiger partial charge in [-0.1, -0.05) is 12.1 Å². The fourth-order valence-corrected chi connectivity index (χ4v) is 2.63. The molecular formula is C17H26N6O2. The molecule has 2 rings (SSSR count). The topological polar surface area (TPSA) is 84.3 Å². The number of likely N-dealkylation sites (N-methyl/N-ethyl adjacent to an activating group) is 1. The quantitative estimate of drug-likeness (QED) is 0.793. The number of hydrogen-bond donors (Lipinski definition) is 2. The van der Waals surface area contributed by atoms with Gasteiger partial charge >= 0.3 is 6.03 Å². The average Bonchev–Trinajstić information content (AvgIpc) is 3.01. The lowest BCUT2D eigenvalue weighted by atomic mass is 10.1. The molecule has 1 aromatic heterocycles. The van der Waals surface area contributed by atoms with E-state index in [-0.39, 0.29) is 18.1 Å². The van der Waals surface area contributed by atoms with Gasteiger partial charge in [0.15, 0.2) is 5.82 Å². The van der Waals surface area contributed by atoms with Crippen LogP contribution in [0, 0.1) is 0 Å². The number of ether oxygens (including phenoxy) is 1. The largest absolute Gasteiger partial charge is 0.497 e. The van der Waals surface area contributed by atoms with Crippen molar-refractivity contribution in [3.05, 3.63) is 42.0 Å². The van der Waals surface area contributed by atoms with Gasteiger partial charge in [0, 0.05) is 13.6 Å². The molecule has 1 aromatic carbocycles. The first-order chi connectivity index (χ1) is 11.9. The molecule has 0 unspecified atom stereocenters. The van der Waals surface area contributed by atoms with Crippen LogP contribution in [0.1, 0.15) is 30.4 Å². The van der Waals surface area contributed by atoms with Crippen LogP contribution in [0.2, 0.25) is 0 Å². The number of carbonyl (C=O) groups is 1. The summed E-state index contributed by atoms with van der Waals surface area (Å²) in [5, 5.41) is 13.6. The number of nitrogens with zero attached hydrogens (tertiary/aromatic N) is 4. The number of benzene rings is 1. The molecule has 0 saturated carbocycles. The maximum Gasteiger partial charge on any atom is 0.315 e. The molecule has 8 heteroatoms. The number of hydrogen-bond acceptors (Lipinski definition) is 5. The molecule has 136 valence electrons. The number of aromatic nitrogens is 3. The second-order valence-electron chi connectivity index (χ2n) is 6.13. The first-order valence-electron chi connectivity index (χ1n) is 8.11. The maximum absolute atomic E-state index is 12.2. The van der Waals surface area contributed by atoms with Crippen LogP contribution in [-0.4, -0.2) is 53.4 Å². The number of amides is 2. The summed E-state index contributed by atoms with van der Waals surface area (Å²) < 4.78 is 7.06. The van der Waals surface area contributed by atoms with E-state index >= 15 is 0 Å². The number of aryl methyl sites for hydroxylation is 1. The molecule has 2 amide bonds. The van der Waals surface area contributed by atoms with Crippen molar-refractivity contribution in [3.63, 3.8) is 0 Å². The Hall–Kier alpha value is -2.61. The van der Waals surface area contributed by atoms with Crippen LogP contribution in [0.5, 0.6) is 5.75 Å². The lowest BCUT2D eigenvalue weighted by Gasteiger charge is -2.26. The zero-order valence-corrected chi connectivity index (χ0v) is 15.4. The fraction of sp³-hybridized carbons (Fsp3) is 0.471. The summed E-state index contributed by atoms with van der Waals surface area (Å²) >= 11 is 0. The van der Waals surface area contributed by atoms with Crippen molar-refractivity contribution in [1.29, 1.82) is 0 Å². The van der Waals surface area contributed by atoms with E-state index in [0.717, 1.165) is 11.3 Å². The van der Waals surface area contributed by atoms with E-state index in [1.54, 1.807) is 18.0 Å². The fourth-order valence-electron chi connectivity index (χ4n) is 2.63. The molecule has 2 N–H and O–H groups in total. The van der Waals surface area contributed by atoms with Crippen LogP contribution in [-0.2, 0) is 7.05 Å². The smallest absolute Gasteiger partial charge is 0.315 e. The second kappa shape index (κ2) is 8.48. The van der Waals surface area contributed by atoms with E-state index in [9.17, 15) is 4.79 Å². The van der Waals surface area contributed by atoms with Crippen LogP contribution in [0.4, 0.5) is 4.79 Å². The lowest BCUT2D eigenvalue weighted by molar-refractivity contribution is 0.229. The highest BCUT2D eigenvalue weighted by molar-refractivity contribution is 5.74. The molecule has 25 heavy (non-hydrogen) atoms. The van der Waals surface area contributed by atoms with Crippen molar-refractivity contribution in [2.75, 3.05) is 27.7 Å². The standard InChI is InChI=1S/C17H26N6O2/c1-12(16-21-19-11-23(16)4)20-17(24)18-10-15(22(2)3)13-7-6-8-14(9-13)25-5/h6-9,11-12,15H,10H2,1-5H3,(H2,18,20,24)/t12-,15+/m1/s1. The molecule has 8 nitrogen and oxygen atoms in total. The zero-order chi connectivity index (χ0) is 18.4. The first-order valence-corrected chi connectivity index (χ1v) is 8.11. The van der Waals surface area contributed by atoms with Crippen molar-refractivity contribution in [2.24, 2.45) is 7.05 Å². The summed E-state index contributed by atoms with van der Waals surface area (Å²) in [5.41, 5.74) is 1.07. The lowest BCUT2D eigenvalue weighted by Crippen LogP contribution is -2.41. The van der Waals surface area contributed by atoms with Gasteiger partial charge in [-0.25, -0.2) is 4.79 Å². The third-order valence-corrected chi connectivity index (χ3v) is 4.04. The van der Waals surface area contributed by atoms with Gasteiger partial charge in [-0.05, 0) is 38.7 Å². The SMILES string of the molecule is COc1cccc([C@H](CNC(=O)N[C@H](C)c2nncn2C)N(C)C)c1. The van der Waals surface area contributed by atoms with Crippen molar-refractivity contribution < 1.29 is 9.53 Å². The summed E-state index contributed by atoms with van der Waals surface area (Å²) in [5.74, 6) is 1.50. The van der Waals surface area contributed by atoms with E-state index in [2.05, 4.69) is 25.7 Å². The number of urea groups is 1. The molecule has 0 aliphatic rings. The van der Waals surface area contributed by atoms with Gasteiger partial charge in [0.25, 0.3) is 0 Å². The molecule has 0 aliphatic heterocycles. The molecule has 1 heterocycles. The molecule has 0 spiro atoms. The average molecular weight is 346 g/mol. The van der Waals surface area contributed by atoms with Crippen molar-refractivity contribution >= 4 is 6.03 Å². The van der Waals surface area contributed by atoms with E-state index < -0.39 is 0 Å². The van der Waals surface area contributed by atoms with Gasteiger partial charge in [-0.3, -0.25) is 0 Å². The van der Waals surface area contributed by atoms with Crippen LogP contribution < -0.4 is 15.4 Å². The van der Waals surface area contributed by atoms with Gasteiger partial charge in [0.2, 0.25) is 0 Å². The summed E-state index contributed by atoms with van der Waals surface area (Å²) in [6.45, 7) is 2.34. The van der Waals surface area contributed by atoms with E-state index in [0.29, 0.717) is 12.4 Å². The normalized spacial score (nSPS) is 13.4. The molecule has 0 aliphatic carbocycles.